The van der Waals surface area contributed by atoms with Crippen LogP contribution in [-0.2, 0) is 4.79 Å². The van der Waals surface area contributed by atoms with Crippen molar-refractivity contribution in [2.75, 3.05) is 13.6 Å². The lowest BCUT2D eigenvalue weighted by Gasteiger charge is -2.42. The molecule has 0 spiro atoms. The van der Waals surface area contributed by atoms with Gasteiger partial charge in [-0.3, -0.25) is 4.79 Å². The second kappa shape index (κ2) is 6.44. The maximum atomic E-state index is 12.0. The molecule has 20 heavy (non-hydrogen) atoms. The number of carbonyl (C=O) groups is 1. The van der Waals surface area contributed by atoms with Gasteiger partial charge in [0.25, 0.3) is 0 Å². The standard InChI is InChI=1S/C16H31N3O/c1-12(2)8-10-19(3)14-5-4-9-16(11-14,15(17)20)18-13-6-7-13/h12-14,18H,4-11H2,1-3H3,(H2,17,20). The maximum absolute atomic E-state index is 12.0. The lowest BCUT2D eigenvalue weighted by atomic mass is 9.77. The second-order valence-corrected chi connectivity index (χ2v) is 7.28. The number of hydrogen-bond acceptors (Lipinski definition) is 3. The first kappa shape index (κ1) is 15.8. The Balaban J connectivity index is 1.95. The molecule has 2 atom stereocenters. The van der Waals surface area contributed by atoms with Gasteiger partial charge in [-0.2, -0.15) is 0 Å². The van der Waals surface area contributed by atoms with Crippen LogP contribution in [0.15, 0.2) is 0 Å². The van der Waals surface area contributed by atoms with Gasteiger partial charge in [0, 0.05) is 12.1 Å². The summed E-state index contributed by atoms with van der Waals surface area (Å²) in [6.45, 7) is 5.63. The van der Waals surface area contributed by atoms with E-state index in [1.165, 1.54) is 25.7 Å². The van der Waals surface area contributed by atoms with Crippen molar-refractivity contribution in [3.8, 4) is 0 Å². The highest BCUT2D eigenvalue weighted by atomic mass is 16.1. The molecule has 2 unspecified atom stereocenters. The second-order valence-electron chi connectivity index (χ2n) is 7.28. The first-order chi connectivity index (χ1) is 9.43. The zero-order chi connectivity index (χ0) is 14.8. The van der Waals surface area contributed by atoms with Crippen molar-refractivity contribution in [1.29, 1.82) is 0 Å². The van der Waals surface area contributed by atoms with E-state index in [0.717, 1.165) is 31.7 Å². The molecule has 116 valence electrons. The van der Waals surface area contributed by atoms with Crippen molar-refractivity contribution < 1.29 is 4.79 Å². The van der Waals surface area contributed by atoms with Gasteiger partial charge in [-0.15, -0.1) is 0 Å². The molecule has 0 heterocycles. The molecular formula is C16H31N3O. The van der Waals surface area contributed by atoms with E-state index in [4.69, 9.17) is 5.73 Å². The minimum absolute atomic E-state index is 0.147. The molecule has 2 rings (SSSR count). The average molecular weight is 281 g/mol. The third-order valence-corrected chi connectivity index (χ3v) is 4.94. The van der Waals surface area contributed by atoms with Gasteiger partial charge in [-0.25, -0.2) is 0 Å². The van der Waals surface area contributed by atoms with Crippen LogP contribution in [0.2, 0.25) is 0 Å². The van der Waals surface area contributed by atoms with E-state index in [2.05, 4.69) is 31.1 Å². The predicted molar refractivity (Wildman–Crippen MR) is 82.4 cm³/mol. The Bertz CT molecular complexity index is 341. The van der Waals surface area contributed by atoms with Crippen molar-refractivity contribution >= 4 is 5.91 Å². The van der Waals surface area contributed by atoms with Gasteiger partial charge in [-0.1, -0.05) is 13.8 Å². The Labute approximate surface area is 123 Å². The van der Waals surface area contributed by atoms with Crippen LogP contribution in [0.25, 0.3) is 0 Å². The summed E-state index contributed by atoms with van der Waals surface area (Å²) >= 11 is 0. The van der Waals surface area contributed by atoms with Crippen molar-refractivity contribution in [3.05, 3.63) is 0 Å². The molecular weight excluding hydrogens is 250 g/mol. The third-order valence-electron chi connectivity index (χ3n) is 4.94. The minimum Gasteiger partial charge on any atom is -0.368 e. The highest BCUT2D eigenvalue weighted by Gasteiger charge is 2.45. The summed E-state index contributed by atoms with van der Waals surface area (Å²) in [7, 11) is 2.20. The lowest BCUT2D eigenvalue weighted by molar-refractivity contribution is -0.126. The molecule has 0 aromatic heterocycles. The van der Waals surface area contributed by atoms with Crippen LogP contribution in [0.4, 0.5) is 0 Å². The molecule has 1 amide bonds. The van der Waals surface area contributed by atoms with E-state index in [1.54, 1.807) is 0 Å². The molecule has 0 aromatic rings. The quantitative estimate of drug-likeness (QED) is 0.749. The molecule has 3 N–H and O–H groups in total. The minimum atomic E-state index is -0.448. The molecule has 0 saturated heterocycles. The summed E-state index contributed by atoms with van der Waals surface area (Å²) in [4.78, 5) is 14.5. The Kier molecular flexibility index (Phi) is 5.08. The number of nitrogens with one attached hydrogen (secondary N) is 1. The van der Waals surface area contributed by atoms with Crippen LogP contribution in [0.3, 0.4) is 0 Å². The number of amides is 1. The molecule has 4 heteroatoms. The van der Waals surface area contributed by atoms with Crippen LogP contribution in [0.1, 0.15) is 58.8 Å². The topological polar surface area (TPSA) is 58.4 Å². The molecule has 2 aliphatic rings. The number of hydrogen-bond donors (Lipinski definition) is 2. The third kappa shape index (κ3) is 3.95. The average Bonchev–Trinajstić information content (AvgIpc) is 3.19. The van der Waals surface area contributed by atoms with Gasteiger partial charge in [0.05, 0.1) is 5.54 Å². The molecule has 2 aliphatic carbocycles. The predicted octanol–water partition coefficient (Wildman–Crippen LogP) is 1.88. The van der Waals surface area contributed by atoms with E-state index in [9.17, 15) is 4.79 Å². The molecule has 2 saturated carbocycles. The first-order valence-electron chi connectivity index (χ1n) is 8.21. The van der Waals surface area contributed by atoms with Crippen molar-refractivity contribution in [2.24, 2.45) is 11.7 Å². The van der Waals surface area contributed by atoms with E-state index < -0.39 is 5.54 Å². The van der Waals surface area contributed by atoms with Gasteiger partial charge >= 0.3 is 0 Å². The van der Waals surface area contributed by atoms with E-state index in [1.807, 2.05) is 0 Å². The summed E-state index contributed by atoms with van der Waals surface area (Å²) in [5.41, 5.74) is 5.29. The van der Waals surface area contributed by atoms with Gasteiger partial charge in [0.1, 0.15) is 0 Å². The maximum Gasteiger partial charge on any atom is 0.237 e. The summed E-state index contributed by atoms with van der Waals surface area (Å²) < 4.78 is 0. The molecule has 0 aromatic carbocycles. The SMILES string of the molecule is CC(C)CCN(C)C1CCCC(NC2CC2)(C(N)=O)C1. The van der Waals surface area contributed by atoms with Gasteiger partial charge < -0.3 is 16.0 Å². The van der Waals surface area contributed by atoms with Crippen molar-refractivity contribution in [3.63, 3.8) is 0 Å². The number of carbonyl (C=O) groups excluding carboxylic acids is 1. The summed E-state index contributed by atoms with van der Waals surface area (Å²) in [5, 5.41) is 3.55. The fourth-order valence-corrected chi connectivity index (χ4v) is 3.31. The Morgan fingerprint density at radius 1 is 1.40 bits per heavy atom. The van der Waals surface area contributed by atoms with Crippen molar-refractivity contribution in [2.45, 2.75) is 76.4 Å². The molecule has 0 aliphatic heterocycles. The largest absolute Gasteiger partial charge is 0.368 e. The summed E-state index contributed by atoms with van der Waals surface area (Å²) in [5.74, 6) is 0.581. The number of rotatable bonds is 7. The first-order valence-corrected chi connectivity index (χ1v) is 8.21. The summed E-state index contributed by atoms with van der Waals surface area (Å²) in [6, 6.07) is 1.02. The zero-order valence-electron chi connectivity index (χ0n) is 13.3. The Morgan fingerprint density at radius 2 is 2.10 bits per heavy atom. The van der Waals surface area contributed by atoms with Gasteiger partial charge in [-0.05, 0) is 64.5 Å². The highest BCUT2D eigenvalue weighted by Crippen LogP contribution is 2.34. The smallest absolute Gasteiger partial charge is 0.237 e. The van der Waals surface area contributed by atoms with Crippen LogP contribution in [-0.4, -0.2) is 42.0 Å². The van der Waals surface area contributed by atoms with Gasteiger partial charge in [0.15, 0.2) is 0 Å². The zero-order valence-corrected chi connectivity index (χ0v) is 13.3. The lowest BCUT2D eigenvalue weighted by Crippen LogP contribution is -2.61. The van der Waals surface area contributed by atoms with E-state index >= 15 is 0 Å². The van der Waals surface area contributed by atoms with E-state index in [-0.39, 0.29) is 5.91 Å². The van der Waals surface area contributed by atoms with Crippen LogP contribution >= 0.6 is 0 Å². The molecule has 0 radical (unpaired) electrons. The molecule has 4 nitrogen and oxygen atoms in total. The van der Waals surface area contributed by atoms with Gasteiger partial charge in [0.2, 0.25) is 5.91 Å². The number of nitrogens with two attached hydrogens (primary N) is 1. The molecule has 0 bridgehead atoms. The van der Waals surface area contributed by atoms with Crippen LogP contribution in [0.5, 0.6) is 0 Å². The molecule has 2 fully saturated rings. The monoisotopic (exact) mass is 281 g/mol. The normalized spacial score (nSPS) is 30.9. The fourth-order valence-electron chi connectivity index (χ4n) is 3.31. The summed E-state index contributed by atoms with van der Waals surface area (Å²) in [6.07, 6.45) is 7.69. The Morgan fingerprint density at radius 3 is 2.65 bits per heavy atom. The Hall–Kier alpha value is -0.610. The fraction of sp³-hybridized carbons (Fsp3) is 0.938. The number of primary amides is 1. The van der Waals surface area contributed by atoms with E-state index in [0.29, 0.717) is 12.1 Å². The highest BCUT2D eigenvalue weighted by molar-refractivity contribution is 5.85. The van der Waals surface area contributed by atoms with Crippen LogP contribution < -0.4 is 11.1 Å². The van der Waals surface area contributed by atoms with Crippen LogP contribution in [0, 0.1) is 5.92 Å². The number of nitrogens with zero attached hydrogens (tertiary/aromatic N) is 1. The van der Waals surface area contributed by atoms with Crippen molar-refractivity contribution in [1.82, 2.24) is 10.2 Å².